The molecular formula is C46H79N3O17P2. The maximum absolute atomic E-state index is 12.8. The molecule has 0 radical (unpaired) electrons. The lowest BCUT2D eigenvalue weighted by Crippen LogP contribution is -2.36. The van der Waals surface area contributed by atoms with Gasteiger partial charge in [-0.25, -0.2) is 13.9 Å². The lowest BCUT2D eigenvalue weighted by Gasteiger charge is -2.21. The van der Waals surface area contributed by atoms with Gasteiger partial charge in [0.2, 0.25) is 0 Å². The molecule has 1 aliphatic rings. The van der Waals surface area contributed by atoms with Gasteiger partial charge in [-0.15, -0.1) is 0 Å². The first-order chi connectivity index (χ1) is 32.3. The van der Waals surface area contributed by atoms with Gasteiger partial charge in [0.25, 0.3) is 0 Å². The van der Waals surface area contributed by atoms with Crippen LogP contribution < -0.4 is 11.4 Å². The van der Waals surface area contributed by atoms with Crippen molar-refractivity contribution in [1.29, 1.82) is 0 Å². The standard InChI is InChI=1S/C46H79N3O17P2/c1-4-5-6-7-8-9-10-11-12-16-19-22-26-37(50)38(51)27-24-29-41(52)61-32-36(64-42(53)28-23-20-17-14-13-15-18-21-25-35(2)3)33-62-67(57,58)66-68(59,60)63-34-39-43(54)44(55)45(65-39)49-31-30-40(47)48-46(49)56/h8-9,11-12,19,22,30-31,35-39,43-45,50-51,54-55H,4-7,10,13-18,20-21,23-29,32-34H2,1-3H3,(H,57,58)(H,59,60)(H2,47,48,56)/b9-8-,12-11-,22-19-/t36-,37?,38?,39-,43-,44-,45-/m1/s1. The third kappa shape index (κ3) is 27.3. The number of nitrogen functional groups attached to an aromatic ring is 1. The number of unbranched alkanes of at least 4 members (excludes halogenated alkanes) is 10. The Balaban J connectivity index is 1.88. The van der Waals surface area contributed by atoms with Gasteiger partial charge in [0.15, 0.2) is 12.3 Å². The number of allylic oxidation sites excluding steroid dienone is 5. The van der Waals surface area contributed by atoms with E-state index in [0.29, 0.717) is 18.8 Å². The second-order valence-electron chi connectivity index (χ2n) is 17.4. The second kappa shape index (κ2) is 34.3. The number of carbonyl (C=O) groups excluding carboxylic acids is 2. The zero-order valence-corrected chi connectivity index (χ0v) is 41.8. The number of aromatic nitrogens is 2. The number of aliphatic hydroxyl groups excluding tert-OH is 4. The molecule has 0 saturated carbocycles. The Bertz CT molecular complexity index is 1830. The van der Waals surface area contributed by atoms with Gasteiger partial charge >= 0.3 is 33.3 Å². The van der Waals surface area contributed by atoms with Gasteiger partial charge in [-0.05, 0) is 63.4 Å². The Morgan fingerprint density at radius 3 is 2.07 bits per heavy atom. The average Bonchev–Trinajstić information content (AvgIpc) is 3.55. The van der Waals surface area contributed by atoms with Crippen molar-refractivity contribution in [3.05, 3.63) is 59.2 Å². The number of ether oxygens (including phenoxy) is 3. The fourth-order valence-corrected chi connectivity index (χ4v) is 9.06. The molecule has 8 N–H and O–H groups in total. The monoisotopic (exact) mass is 1010 g/mol. The number of aliphatic hydroxyl groups is 4. The Labute approximate surface area is 401 Å². The first-order valence-corrected chi connectivity index (χ1v) is 27.0. The molecule has 68 heavy (non-hydrogen) atoms. The number of rotatable bonds is 38. The molecule has 22 heteroatoms. The number of hydrogen-bond donors (Lipinski definition) is 7. The molecule has 0 amide bonds. The summed E-state index contributed by atoms with van der Waals surface area (Å²) in [6.07, 6.45) is 18.6. The van der Waals surface area contributed by atoms with Crippen molar-refractivity contribution in [2.75, 3.05) is 25.6 Å². The molecule has 0 aliphatic carbocycles. The molecule has 0 spiro atoms. The summed E-state index contributed by atoms with van der Waals surface area (Å²) in [6, 6.07) is 1.23. The largest absolute Gasteiger partial charge is 0.481 e. The zero-order valence-electron chi connectivity index (χ0n) is 40.0. The maximum atomic E-state index is 12.8. The van der Waals surface area contributed by atoms with Crippen LogP contribution in [0.3, 0.4) is 0 Å². The van der Waals surface area contributed by atoms with E-state index in [-0.39, 0.29) is 37.9 Å². The van der Waals surface area contributed by atoms with Crippen LogP contribution in [0.1, 0.15) is 155 Å². The summed E-state index contributed by atoms with van der Waals surface area (Å²) in [5.74, 6) is -0.908. The van der Waals surface area contributed by atoms with Gasteiger partial charge in [0.05, 0.1) is 25.4 Å². The van der Waals surface area contributed by atoms with E-state index in [1.165, 1.54) is 44.6 Å². The van der Waals surface area contributed by atoms with Crippen LogP contribution in [0.5, 0.6) is 0 Å². The van der Waals surface area contributed by atoms with E-state index in [9.17, 15) is 53.7 Å². The van der Waals surface area contributed by atoms with Gasteiger partial charge in [-0.2, -0.15) is 9.29 Å². The molecule has 1 aromatic rings. The lowest BCUT2D eigenvalue weighted by atomic mass is 10.0. The first-order valence-electron chi connectivity index (χ1n) is 24.0. The highest BCUT2D eigenvalue weighted by molar-refractivity contribution is 7.61. The number of carbonyl (C=O) groups is 2. The molecule has 20 nitrogen and oxygen atoms in total. The van der Waals surface area contributed by atoms with Gasteiger partial charge in [-0.1, -0.05) is 121 Å². The highest BCUT2D eigenvalue weighted by Crippen LogP contribution is 2.60. The van der Waals surface area contributed by atoms with Crippen molar-refractivity contribution in [1.82, 2.24) is 9.55 Å². The van der Waals surface area contributed by atoms with Crippen molar-refractivity contribution in [2.45, 2.75) is 192 Å². The van der Waals surface area contributed by atoms with Gasteiger partial charge in [-0.3, -0.25) is 23.2 Å². The Morgan fingerprint density at radius 2 is 1.41 bits per heavy atom. The van der Waals surface area contributed by atoms with Crippen LogP contribution in [0, 0.1) is 5.92 Å². The summed E-state index contributed by atoms with van der Waals surface area (Å²) in [5.41, 5.74) is 4.56. The van der Waals surface area contributed by atoms with Crippen LogP contribution in [-0.2, 0) is 46.3 Å². The molecule has 4 unspecified atom stereocenters. The van der Waals surface area contributed by atoms with Crippen LogP contribution in [0.2, 0.25) is 0 Å². The van der Waals surface area contributed by atoms with Crippen LogP contribution >= 0.6 is 15.6 Å². The highest BCUT2D eigenvalue weighted by Gasteiger charge is 2.46. The van der Waals surface area contributed by atoms with Crippen molar-refractivity contribution < 1.29 is 76.5 Å². The minimum atomic E-state index is -5.48. The Hall–Kier alpha value is -3.10. The van der Waals surface area contributed by atoms with E-state index in [1.54, 1.807) is 6.08 Å². The molecule has 1 fully saturated rings. The van der Waals surface area contributed by atoms with Crippen molar-refractivity contribution in [3.63, 3.8) is 0 Å². The number of anilines is 1. The SMILES string of the molecule is CCCCC/C=C\C/C=C\C/C=C\CC(O)C(O)CCCC(=O)OC[C@H](COP(=O)(O)OP(=O)(O)OC[C@H]1O[C@@H](n2ccc(N)nc2=O)[C@H](O)[C@@H]1O)OC(=O)CCCCCCCCCCC(C)C. The molecule has 1 aliphatic heterocycles. The summed E-state index contributed by atoms with van der Waals surface area (Å²) in [4.78, 5) is 61.8. The van der Waals surface area contributed by atoms with E-state index in [0.717, 1.165) is 55.7 Å². The summed E-state index contributed by atoms with van der Waals surface area (Å²) >= 11 is 0. The zero-order chi connectivity index (χ0) is 50.4. The normalized spacial score (nSPS) is 20.8. The number of phosphoric acid groups is 2. The Morgan fingerprint density at radius 1 is 0.794 bits per heavy atom. The van der Waals surface area contributed by atoms with E-state index >= 15 is 0 Å². The van der Waals surface area contributed by atoms with Crippen molar-refractivity contribution >= 4 is 33.4 Å². The Kier molecular flexibility index (Phi) is 30.7. The number of hydrogen-bond acceptors (Lipinski definition) is 17. The smallest absolute Gasteiger partial charge is 0.462 e. The molecule has 0 bridgehead atoms. The minimum absolute atomic E-state index is 0.0110. The lowest BCUT2D eigenvalue weighted by molar-refractivity contribution is -0.161. The van der Waals surface area contributed by atoms with E-state index in [4.69, 9.17) is 29.0 Å². The van der Waals surface area contributed by atoms with E-state index in [1.807, 2.05) is 12.2 Å². The van der Waals surface area contributed by atoms with Crippen LogP contribution in [0.4, 0.5) is 5.82 Å². The van der Waals surface area contributed by atoms with Crippen LogP contribution in [0.15, 0.2) is 53.5 Å². The number of phosphoric ester groups is 2. The summed E-state index contributed by atoms with van der Waals surface area (Å²) < 4.78 is 56.4. The first kappa shape index (κ1) is 61.0. The molecular weight excluding hydrogens is 928 g/mol. The number of nitrogens with two attached hydrogens (primary N) is 1. The third-order valence-electron chi connectivity index (χ3n) is 10.9. The fraction of sp³-hybridized carbons (Fsp3) is 0.739. The van der Waals surface area contributed by atoms with Crippen LogP contribution in [-0.4, -0.2) is 108 Å². The van der Waals surface area contributed by atoms with E-state index < -0.39 is 95.9 Å². The third-order valence-corrected chi connectivity index (χ3v) is 13.5. The molecule has 2 rings (SSSR count). The fourth-order valence-electron chi connectivity index (χ4n) is 6.95. The molecule has 1 aromatic heterocycles. The molecule has 0 aromatic carbocycles. The van der Waals surface area contributed by atoms with Crippen molar-refractivity contribution in [2.24, 2.45) is 5.92 Å². The van der Waals surface area contributed by atoms with Gasteiger partial charge in [0, 0.05) is 19.0 Å². The van der Waals surface area contributed by atoms with E-state index in [2.05, 4.69) is 48.3 Å². The molecule has 9 atom stereocenters. The summed E-state index contributed by atoms with van der Waals surface area (Å²) in [5, 5.41) is 41.7. The number of nitrogens with zero attached hydrogens (tertiary/aromatic N) is 2. The highest BCUT2D eigenvalue weighted by atomic mass is 31.3. The molecule has 390 valence electrons. The number of esters is 2. The summed E-state index contributed by atoms with van der Waals surface area (Å²) in [6.45, 7) is 4.04. The van der Waals surface area contributed by atoms with Crippen LogP contribution in [0.25, 0.3) is 0 Å². The topological polar surface area (TPSA) is 306 Å². The predicted octanol–water partition coefficient (Wildman–Crippen LogP) is 7.02. The second-order valence-corrected chi connectivity index (χ2v) is 20.4. The average molecular weight is 1010 g/mol. The van der Waals surface area contributed by atoms with Gasteiger partial charge < -0.3 is 50.2 Å². The molecule has 1 saturated heterocycles. The van der Waals surface area contributed by atoms with Crippen molar-refractivity contribution in [3.8, 4) is 0 Å². The maximum Gasteiger partial charge on any atom is 0.481 e. The predicted molar refractivity (Wildman–Crippen MR) is 255 cm³/mol. The summed E-state index contributed by atoms with van der Waals surface area (Å²) in [7, 11) is -10.9. The van der Waals surface area contributed by atoms with Gasteiger partial charge in [0.1, 0.15) is 30.7 Å². The minimum Gasteiger partial charge on any atom is -0.462 e. The quantitative estimate of drug-likeness (QED) is 0.0151. The molecule has 2 heterocycles.